The fraction of sp³-hybridized carbons (Fsp3) is 0.575. The van der Waals surface area contributed by atoms with Crippen molar-refractivity contribution in [2.75, 3.05) is 32.3 Å². The van der Waals surface area contributed by atoms with Gasteiger partial charge in [-0.05, 0) is 134 Å². The quantitative estimate of drug-likeness (QED) is 0.101. The molecule has 6 N–H and O–H groups in total. The van der Waals surface area contributed by atoms with E-state index in [0.29, 0.717) is 61.5 Å². The highest BCUT2D eigenvalue weighted by Crippen LogP contribution is 2.39. The molecule has 4 heterocycles. The summed E-state index contributed by atoms with van der Waals surface area (Å²) >= 11 is 1.75. The normalized spacial score (nSPS) is 25.5. The molecule has 7 rings (SSSR count). The summed E-state index contributed by atoms with van der Waals surface area (Å²) in [6.45, 7) is 10.5. The van der Waals surface area contributed by atoms with Gasteiger partial charge in [0.05, 0.1) is 35.9 Å². The van der Waals surface area contributed by atoms with Crippen molar-refractivity contribution in [3.8, 4) is 0 Å². The lowest BCUT2D eigenvalue weighted by Crippen LogP contribution is -2.44. The van der Waals surface area contributed by atoms with E-state index >= 15 is 0 Å². The van der Waals surface area contributed by atoms with Crippen LogP contribution in [0.3, 0.4) is 0 Å². The summed E-state index contributed by atoms with van der Waals surface area (Å²) < 4.78 is 11.9. The first-order valence-electron chi connectivity index (χ1n) is 18.5. The average molecular weight is 798 g/mol. The van der Waals surface area contributed by atoms with E-state index in [1.807, 2.05) is 54.3 Å². The predicted octanol–water partition coefficient (Wildman–Crippen LogP) is 5.08. The van der Waals surface area contributed by atoms with E-state index in [1.165, 1.54) is 0 Å². The highest BCUT2D eigenvalue weighted by Gasteiger charge is 2.42. The molecule has 3 aliphatic carbocycles. The second kappa shape index (κ2) is 21.5. The Kier molecular flexibility index (Phi) is 18.5. The summed E-state index contributed by atoms with van der Waals surface area (Å²) in [7, 11) is 0. The molecule has 3 aliphatic rings. The lowest BCUT2D eigenvalue weighted by molar-refractivity contribution is -0.156. The standard InChI is InChI=1S/C16H20N2O3.C10H10N2O2.C6H10O3.C6H12O2.C2H6S.B/c1-3-21-15(19)13-7-12-5-4-6-17-14(12)18(13)10-11-8-16(2,20)9-11;1-2-14-10(13)8-6-7-4-3-5-11-9(7)12-8;1-6(9)2-4(3-6)5(7)8;1-6(8)2-5(3-6)4-7;1-3-2;/h4-7,11,20H,3,8-10H2,1-2H3;3-6H,2H2,1H3,(H,11,12);4,9H,2-3H2,1H3,(H,7,8);5,7-8H,2-4H2,1H3;1-2H3;. The Morgan fingerprint density at radius 2 is 1.32 bits per heavy atom. The van der Waals surface area contributed by atoms with Crippen molar-refractivity contribution in [2.24, 2.45) is 17.8 Å². The maximum absolute atomic E-state index is 12.1. The lowest BCUT2D eigenvalue weighted by atomic mass is 9.72. The van der Waals surface area contributed by atoms with Crippen LogP contribution in [0.25, 0.3) is 22.1 Å². The average Bonchev–Trinajstić information content (AvgIpc) is 3.69. The second-order valence-corrected chi connectivity index (χ2v) is 16.0. The van der Waals surface area contributed by atoms with E-state index in [1.54, 1.807) is 57.9 Å². The van der Waals surface area contributed by atoms with Gasteiger partial charge in [-0.1, -0.05) is 0 Å². The largest absolute Gasteiger partial charge is 0.481 e. The van der Waals surface area contributed by atoms with Gasteiger partial charge in [-0.25, -0.2) is 19.6 Å². The second-order valence-electron chi connectivity index (χ2n) is 15.2. The number of hydrogen-bond acceptors (Lipinski definition) is 12. The van der Waals surface area contributed by atoms with Crippen molar-refractivity contribution < 1.29 is 49.4 Å². The number of rotatable bonds is 8. The van der Waals surface area contributed by atoms with Crippen molar-refractivity contribution in [3.63, 3.8) is 0 Å². The van der Waals surface area contributed by atoms with Crippen LogP contribution in [-0.4, -0.2) is 121 Å². The number of nitrogens with one attached hydrogen (secondary N) is 1. The Bertz CT molecular complexity index is 1800. The Morgan fingerprint density at radius 3 is 1.77 bits per heavy atom. The fourth-order valence-corrected chi connectivity index (χ4v) is 6.98. The van der Waals surface area contributed by atoms with Crippen molar-refractivity contribution in [1.29, 1.82) is 0 Å². The number of aromatic amines is 1. The highest BCUT2D eigenvalue weighted by atomic mass is 32.2. The number of ether oxygens (including phenoxy) is 2. The number of hydrogen-bond donors (Lipinski definition) is 6. The number of fused-ring (bicyclic) bond motifs is 2. The van der Waals surface area contributed by atoms with Crippen molar-refractivity contribution in [2.45, 2.75) is 96.5 Å². The number of H-pyrrole nitrogens is 1. The molecule has 4 aromatic rings. The van der Waals surface area contributed by atoms with E-state index in [4.69, 9.17) is 29.9 Å². The first kappa shape index (κ1) is 48.2. The molecule has 3 fully saturated rings. The van der Waals surface area contributed by atoms with Gasteiger partial charge in [-0.15, -0.1) is 0 Å². The molecule has 3 radical (unpaired) electrons. The van der Waals surface area contributed by atoms with Crippen LogP contribution in [-0.2, 0) is 20.8 Å². The number of pyridine rings is 2. The number of esters is 2. The smallest absolute Gasteiger partial charge is 0.355 e. The van der Waals surface area contributed by atoms with E-state index < -0.39 is 22.8 Å². The van der Waals surface area contributed by atoms with Gasteiger partial charge in [-0.2, -0.15) is 11.8 Å². The van der Waals surface area contributed by atoms with Crippen LogP contribution in [0.4, 0.5) is 0 Å². The number of aliphatic hydroxyl groups is 4. The van der Waals surface area contributed by atoms with E-state index in [2.05, 4.69) is 15.0 Å². The van der Waals surface area contributed by atoms with Crippen LogP contribution >= 0.6 is 11.8 Å². The first-order chi connectivity index (χ1) is 25.9. The molecule has 0 aliphatic heterocycles. The van der Waals surface area contributed by atoms with Crippen LogP contribution in [0.15, 0.2) is 48.8 Å². The minimum atomic E-state index is -0.790. The van der Waals surface area contributed by atoms with Gasteiger partial charge in [0.25, 0.3) is 0 Å². The molecule has 307 valence electrons. The van der Waals surface area contributed by atoms with Gasteiger partial charge < -0.3 is 44.6 Å². The minimum Gasteiger partial charge on any atom is -0.481 e. The Balaban J connectivity index is 0.000000268. The molecular weight excluding hydrogens is 739 g/mol. The number of carbonyl (C=O) groups is 3. The zero-order chi connectivity index (χ0) is 41.0. The molecule has 16 heteroatoms. The summed E-state index contributed by atoms with van der Waals surface area (Å²) in [5.41, 5.74) is 0.752. The Hall–Kier alpha value is -3.96. The molecule has 0 amide bonds. The van der Waals surface area contributed by atoms with Gasteiger partial charge >= 0.3 is 17.9 Å². The lowest BCUT2D eigenvalue weighted by Gasteiger charge is -2.41. The zero-order valence-corrected chi connectivity index (χ0v) is 34.3. The van der Waals surface area contributed by atoms with Crippen LogP contribution < -0.4 is 0 Å². The number of aliphatic hydroxyl groups excluding tert-OH is 1. The molecule has 14 nitrogen and oxygen atoms in total. The number of thioether (sulfide) groups is 1. The minimum absolute atomic E-state index is 0. The molecule has 0 spiro atoms. The third kappa shape index (κ3) is 14.2. The molecular formula is C40H58BN4O10S. The third-order valence-corrected chi connectivity index (χ3v) is 9.36. The van der Waals surface area contributed by atoms with Crippen molar-refractivity contribution in [1.82, 2.24) is 19.5 Å². The van der Waals surface area contributed by atoms with Gasteiger partial charge in [0.1, 0.15) is 22.7 Å². The van der Waals surface area contributed by atoms with Gasteiger partial charge in [-0.3, -0.25) is 4.79 Å². The summed E-state index contributed by atoms with van der Waals surface area (Å²) in [5.74, 6) is -1.02. The molecule has 0 saturated heterocycles. The molecule has 0 unspecified atom stereocenters. The maximum atomic E-state index is 12.1. The van der Waals surface area contributed by atoms with Crippen molar-refractivity contribution >= 4 is 60.1 Å². The van der Waals surface area contributed by atoms with Crippen LogP contribution in [0.5, 0.6) is 0 Å². The molecule has 0 aromatic carbocycles. The predicted molar refractivity (Wildman–Crippen MR) is 218 cm³/mol. The summed E-state index contributed by atoms with van der Waals surface area (Å²) in [6.07, 6.45) is 11.3. The molecule has 4 aromatic heterocycles. The first-order valence-corrected chi connectivity index (χ1v) is 20.1. The number of nitrogens with zero attached hydrogens (tertiary/aromatic N) is 3. The van der Waals surface area contributed by atoms with Gasteiger partial charge in [0.15, 0.2) is 0 Å². The topological polar surface area (TPSA) is 217 Å². The highest BCUT2D eigenvalue weighted by molar-refractivity contribution is 7.97. The van der Waals surface area contributed by atoms with Crippen LogP contribution in [0.1, 0.15) is 94.1 Å². The zero-order valence-electron chi connectivity index (χ0n) is 33.5. The van der Waals surface area contributed by atoms with E-state index in [0.717, 1.165) is 42.1 Å². The fourth-order valence-electron chi connectivity index (χ4n) is 6.98. The monoisotopic (exact) mass is 797 g/mol. The number of carboxylic acids is 1. The van der Waals surface area contributed by atoms with Gasteiger partial charge in [0.2, 0.25) is 0 Å². The number of aromatic nitrogens is 4. The Labute approximate surface area is 335 Å². The number of aliphatic carboxylic acids is 1. The molecule has 0 atom stereocenters. The summed E-state index contributed by atoms with van der Waals surface area (Å²) in [6, 6.07) is 11.1. The van der Waals surface area contributed by atoms with E-state index in [-0.39, 0.29) is 32.9 Å². The maximum Gasteiger partial charge on any atom is 0.355 e. The molecule has 3 saturated carbocycles. The van der Waals surface area contributed by atoms with E-state index in [9.17, 15) is 19.5 Å². The third-order valence-electron chi connectivity index (χ3n) is 9.36. The summed E-state index contributed by atoms with van der Waals surface area (Å²) in [5, 5.41) is 46.8. The summed E-state index contributed by atoms with van der Waals surface area (Å²) in [4.78, 5) is 45.0. The SMILES string of the molecule is CC1(O)CC(C(=O)O)C1.CC1(O)CC(CO)C1.CCOC(=O)c1cc2cccnc2[nH]1.CCOC(=O)c1cc2cccnc2n1CC1CC(C)(O)C1.CSC.[B]. The Morgan fingerprint density at radius 1 is 0.821 bits per heavy atom. The van der Waals surface area contributed by atoms with Crippen LogP contribution in [0.2, 0.25) is 0 Å². The van der Waals surface area contributed by atoms with Crippen LogP contribution in [0, 0.1) is 17.8 Å². The molecule has 0 bridgehead atoms. The van der Waals surface area contributed by atoms with Crippen molar-refractivity contribution in [3.05, 3.63) is 60.2 Å². The van der Waals surface area contributed by atoms with Gasteiger partial charge in [0, 0.05) is 44.7 Å². The number of carboxylic acid groups (broad SMARTS) is 1. The molecule has 56 heavy (non-hydrogen) atoms. The number of carbonyl (C=O) groups excluding carboxylic acids is 2.